The second-order valence-corrected chi connectivity index (χ2v) is 9.50. The summed E-state index contributed by atoms with van der Waals surface area (Å²) >= 11 is 3.37. The Morgan fingerprint density at radius 1 is 1.29 bits per heavy atom. The molecule has 0 atom stereocenters. The van der Waals surface area contributed by atoms with E-state index in [-0.39, 0.29) is 69.1 Å². The summed E-state index contributed by atoms with van der Waals surface area (Å²) in [4.78, 5) is 3.82. The van der Waals surface area contributed by atoms with Crippen LogP contribution in [0.3, 0.4) is 0 Å². The van der Waals surface area contributed by atoms with Gasteiger partial charge in [0.25, 0.3) is 0 Å². The number of fused-ring (bicyclic) bond motifs is 1. The van der Waals surface area contributed by atoms with Gasteiger partial charge in [-0.25, -0.2) is 18.1 Å². The van der Waals surface area contributed by atoms with E-state index in [4.69, 9.17) is 5.73 Å². The SMILES string of the molecule is Cn1nc(SCCSOO[O-])c(N=Nc2nc3cc(S(=O)(=O)[O-])ccc3s2)c1N.[Na+].[Na+]. The molecule has 31 heavy (non-hydrogen) atoms. The van der Waals surface area contributed by atoms with Crippen LogP contribution in [-0.4, -0.2) is 39.2 Å². The molecular weight excluding hydrogens is 510 g/mol. The number of nitrogens with zero attached hydrogens (tertiary/aromatic N) is 5. The number of benzene rings is 1. The average molecular weight is 523 g/mol. The van der Waals surface area contributed by atoms with Gasteiger partial charge in [-0.05, 0) is 18.2 Å². The van der Waals surface area contributed by atoms with Crippen molar-refractivity contribution in [1.82, 2.24) is 14.8 Å². The summed E-state index contributed by atoms with van der Waals surface area (Å²) in [5, 5.41) is 26.3. The van der Waals surface area contributed by atoms with Crippen LogP contribution in [0.4, 0.5) is 16.6 Å². The van der Waals surface area contributed by atoms with Crippen molar-refractivity contribution >= 4 is 72.1 Å². The largest absolute Gasteiger partial charge is 1.00 e. The van der Waals surface area contributed by atoms with Crippen LogP contribution >= 0.6 is 35.1 Å². The Labute approximate surface area is 233 Å². The van der Waals surface area contributed by atoms with Crippen molar-refractivity contribution in [2.24, 2.45) is 17.3 Å². The number of thioether (sulfide) groups is 1. The number of hydrogen-bond acceptors (Lipinski definition) is 14. The molecule has 0 fully saturated rings. The molecule has 0 saturated heterocycles. The van der Waals surface area contributed by atoms with Crippen molar-refractivity contribution in [2.45, 2.75) is 9.92 Å². The predicted molar refractivity (Wildman–Crippen MR) is 105 cm³/mol. The van der Waals surface area contributed by atoms with Crippen LogP contribution in [0.15, 0.2) is 38.3 Å². The number of aromatic nitrogens is 3. The molecule has 18 heteroatoms. The number of rotatable bonds is 9. The van der Waals surface area contributed by atoms with Gasteiger partial charge in [0, 0.05) is 30.6 Å². The third-order valence-electron chi connectivity index (χ3n) is 3.39. The minimum absolute atomic E-state index is 0. The molecule has 0 spiro atoms. The molecule has 2 N–H and O–H groups in total. The first-order chi connectivity index (χ1) is 13.8. The van der Waals surface area contributed by atoms with Gasteiger partial charge < -0.3 is 15.5 Å². The normalized spacial score (nSPS) is 11.6. The van der Waals surface area contributed by atoms with E-state index < -0.39 is 10.1 Å². The van der Waals surface area contributed by atoms with E-state index in [0.717, 1.165) is 12.0 Å². The van der Waals surface area contributed by atoms with Crippen molar-refractivity contribution in [3.05, 3.63) is 18.2 Å². The summed E-state index contributed by atoms with van der Waals surface area (Å²) in [5.41, 5.74) is 6.66. The van der Waals surface area contributed by atoms with Crippen LogP contribution in [0.25, 0.3) is 10.2 Å². The molecule has 12 nitrogen and oxygen atoms in total. The monoisotopic (exact) mass is 522 g/mol. The van der Waals surface area contributed by atoms with E-state index >= 15 is 0 Å². The summed E-state index contributed by atoms with van der Waals surface area (Å²) in [6.45, 7) is 0. The zero-order valence-corrected chi connectivity index (χ0v) is 23.8. The molecule has 0 bridgehead atoms. The summed E-state index contributed by atoms with van der Waals surface area (Å²) < 4.78 is 39.7. The van der Waals surface area contributed by atoms with Gasteiger partial charge in [0.15, 0.2) is 11.5 Å². The molecule has 0 unspecified atom stereocenters. The first-order valence-electron chi connectivity index (χ1n) is 7.61. The van der Waals surface area contributed by atoms with Crippen molar-refractivity contribution in [1.29, 1.82) is 0 Å². The molecule has 3 rings (SSSR count). The Bertz CT molecular complexity index is 1160. The molecule has 2 heterocycles. The van der Waals surface area contributed by atoms with E-state index in [0.29, 0.717) is 38.3 Å². The van der Waals surface area contributed by atoms with Crippen LogP contribution in [0.1, 0.15) is 0 Å². The number of anilines is 1. The van der Waals surface area contributed by atoms with Gasteiger partial charge in [-0.1, -0.05) is 11.3 Å². The van der Waals surface area contributed by atoms with E-state index in [1.54, 1.807) is 7.05 Å². The zero-order valence-electron chi connectivity index (χ0n) is 16.5. The predicted octanol–water partition coefficient (Wildman–Crippen LogP) is -4.10. The Balaban J connectivity index is 0.00000240. The molecule has 0 aliphatic heterocycles. The Hall–Kier alpha value is 0.210. The van der Waals surface area contributed by atoms with E-state index in [2.05, 4.69) is 29.7 Å². The topological polar surface area (TPSA) is 180 Å². The third kappa shape index (κ3) is 7.89. The Morgan fingerprint density at radius 3 is 2.71 bits per heavy atom. The van der Waals surface area contributed by atoms with Gasteiger partial charge in [-0.3, -0.25) is 5.04 Å². The molecule has 0 saturated carbocycles. The van der Waals surface area contributed by atoms with Crippen molar-refractivity contribution in [3.8, 4) is 0 Å². The molecule has 0 radical (unpaired) electrons. The van der Waals surface area contributed by atoms with Gasteiger partial charge in [0.05, 0.1) is 15.1 Å². The minimum Gasteiger partial charge on any atom is -0.744 e. The van der Waals surface area contributed by atoms with Crippen LogP contribution in [-0.2, 0) is 26.5 Å². The molecule has 2 aromatic heterocycles. The molecule has 3 aromatic rings. The molecule has 1 aromatic carbocycles. The summed E-state index contributed by atoms with van der Waals surface area (Å²) in [7, 11) is -2.91. The zero-order chi connectivity index (χ0) is 21.0. The van der Waals surface area contributed by atoms with Crippen molar-refractivity contribution < 1.29 is 86.7 Å². The first-order valence-corrected chi connectivity index (χ1v) is 11.7. The Kier molecular flexibility index (Phi) is 12.4. The van der Waals surface area contributed by atoms with Crippen molar-refractivity contribution in [3.63, 3.8) is 0 Å². The number of aryl methyl sites for hydroxylation is 1. The van der Waals surface area contributed by atoms with Crippen LogP contribution in [0.5, 0.6) is 0 Å². The van der Waals surface area contributed by atoms with Gasteiger partial charge in [-0.2, -0.15) is 9.43 Å². The minimum atomic E-state index is -4.57. The van der Waals surface area contributed by atoms with Crippen LogP contribution in [0.2, 0.25) is 0 Å². The van der Waals surface area contributed by atoms with E-state index in [1.807, 2.05) is 0 Å². The van der Waals surface area contributed by atoms with Gasteiger partial charge in [-0.15, -0.1) is 22.0 Å². The maximum Gasteiger partial charge on any atom is 1.00 e. The van der Waals surface area contributed by atoms with Crippen LogP contribution < -0.4 is 70.1 Å². The maximum atomic E-state index is 11.1. The number of nitrogen functional groups attached to an aromatic ring is 1. The molecule has 0 aliphatic rings. The molecule has 0 amide bonds. The second kappa shape index (κ2) is 13.2. The summed E-state index contributed by atoms with van der Waals surface area (Å²) in [6.07, 6.45) is 0. The van der Waals surface area contributed by atoms with Gasteiger partial charge >= 0.3 is 59.1 Å². The van der Waals surface area contributed by atoms with Gasteiger partial charge in [0.1, 0.15) is 15.1 Å². The Morgan fingerprint density at radius 2 is 2.03 bits per heavy atom. The smallest absolute Gasteiger partial charge is 0.744 e. The molecular formula is C13H12N6Na2O6S4. The number of hydrogen-bond donors (Lipinski definition) is 1. The quantitative estimate of drug-likeness (QED) is 0.0422. The fourth-order valence-corrected chi connectivity index (χ4v) is 4.73. The number of thiazole rings is 1. The number of azo groups is 1. The van der Waals surface area contributed by atoms with Crippen molar-refractivity contribution in [2.75, 3.05) is 17.2 Å². The fraction of sp³-hybridized carbons (Fsp3) is 0.231. The summed E-state index contributed by atoms with van der Waals surface area (Å²) in [6, 6.07) is 3.90. The fourth-order valence-electron chi connectivity index (χ4n) is 2.10. The first kappa shape index (κ1) is 29.2. The molecule has 0 aliphatic carbocycles. The second-order valence-electron chi connectivity index (χ2n) is 5.25. The standard InChI is InChI=1S/C13H14N6O6S4.2Na/c1-19-11(14)10(12(18-19)26-4-5-27-25-24-20)16-17-13-15-8-6-7(29(21,22)23)2-3-9(8)28-13;;/h2-3,6,20H,4-5,14H2,1H3,(H,21,22,23);;/q;2*+1/p-2. The van der Waals surface area contributed by atoms with Gasteiger partial charge in [0.2, 0.25) is 5.13 Å². The van der Waals surface area contributed by atoms with E-state index in [1.165, 1.54) is 46.0 Å². The summed E-state index contributed by atoms with van der Waals surface area (Å²) in [5.74, 6) is 1.30. The maximum absolute atomic E-state index is 11.1. The van der Waals surface area contributed by atoms with Crippen LogP contribution in [0, 0.1) is 0 Å². The average Bonchev–Trinajstić information content (AvgIpc) is 3.19. The third-order valence-corrected chi connectivity index (χ3v) is 6.88. The molecule has 156 valence electrons. The number of nitrogens with two attached hydrogens (primary N) is 1. The van der Waals surface area contributed by atoms with E-state index in [9.17, 15) is 18.2 Å².